The molecule has 0 atom stereocenters. The van der Waals surface area contributed by atoms with Gasteiger partial charge in [-0.05, 0) is 61.2 Å². The first-order chi connectivity index (χ1) is 13.0. The zero-order chi connectivity index (χ0) is 19.8. The molecule has 0 saturated carbocycles. The van der Waals surface area contributed by atoms with Crippen molar-refractivity contribution in [1.29, 1.82) is 5.26 Å². The zero-order valence-corrected chi connectivity index (χ0v) is 15.6. The van der Waals surface area contributed by atoms with E-state index in [1.807, 2.05) is 6.92 Å². The normalized spacial score (nSPS) is 10.0. The van der Waals surface area contributed by atoms with E-state index in [1.54, 1.807) is 30.3 Å². The number of nitrogens with one attached hydrogen (secondary N) is 2. The average molecular weight is 369 g/mol. The average Bonchev–Trinajstić information content (AvgIpc) is 2.65. The predicted molar refractivity (Wildman–Crippen MR) is 102 cm³/mol. The maximum atomic E-state index is 12.0. The predicted octanol–water partition coefficient (Wildman–Crippen LogP) is 3.34. The summed E-state index contributed by atoms with van der Waals surface area (Å²) in [7, 11) is 2.96. The number of nitriles is 1. The zero-order valence-electron chi connectivity index (χ0n) is 15.6. The maximum absolute atomic E-state index is 12.0. The number of aromatic hydroxyl groups is 1. The van der Waals surface area contributed by atoms with Crippen molar-refractivity contribution in [3.8, 4) is 23.3 Å². The number of amides is 2. The molecule has 7 nitrogen and oxygen atoms in total. The van der Waals surface area contributed by atoms with E-state index >= 15 is 0 Å². The Hall–Kier alpha value is -3.40. The Morgan fingerprint density at radius 2 is 1.81 bits per heavy atom. The van der Waals surface area contributed by atoms with E-state index in [2.05, 4.69) is 16.7 Å². The number of nitrogens with zero attached hydrogens (tertiary/aromatic N) is 1. The molecular weight excluding hydrogens is 346 g/mol. The van der Waals surface area contributed by atoms with Crippen LogP contribution in [-0.2, 0) is 6.42 Å². The van der Waals surface area contributed by atoms with Gasteiger partial charge in [-0.1, -0.05) is 0 Å². The van der Waals surface area contributed by atoms with Crippen LogP contribution in [-0.4, -0.2) is 31.9 Å². The van der Waals surface area contributed by atoms with Gasteiger partial charge >= 0.3 is 6.03 Å². The summed E-state index contributed by atoms with van der Waals surface area (Å²) in [4.78, 5) is 12.0. The molecular formula is C20H23N3O4. The fourth-order valence-corrected chi connectivity index (χ4v) is 2.68. The molecule has 0 spiro atoms. The fraction of sp³-hybridized carbons (Fsp3) is 0.300. The van der Waals surface area contributed by atoms with Crippen LogP contribution in [0.2, 0.25) is 0 Å². The highest BCUT2D eigenvalue weighted by Gasteiger charge is 2.11. The number of phenols is 1. The molecule has 0 fully saturated rings. The van der Waals surface area contributed by atoms with Crippen LogP contribution in [0.1, 0.15) is 23.1 Å². The summed E-state index contributed by atoms with van der Waals surface area (Å²) < 4.78 is 10.3. The van der Waals surface area contributed by atoms with Crippen LogP contribution >= 0.6 is 0 Å². The van der Waals surface area contributed by atoms with E-state index in [0.29, 0.717) is 42.1 Å². The largest absolute Gasteiger partial charge is 0.502 e. The van der Waals surface area contributed by atoms with E-state index in [0.717, 1.165) is 11.1 Å². The number of carbonyl (C=O) groups is 1. The van der Waals surface area contributed by atoms with E-state index in [-0.39, 0.29) is 11.8 Å². The van der Waals surface area contributed by atoms with Crippen molar-refractivity contribution < 1.29 is 19.4 Å². The number of hydrogen-bond acceptors (Lipinski definition) is 5. The van der Waals surface area contributed by atoms with Crippen LogP contribution < -0.4 is 20.1 Å². The van der Waals surface area contributed by atoms with Gasteiger partial charge in [0, 0.05) is 12.2 Å². The number of anilines is 1. The van der Waals surface area contributed by atoms with Crippen molar-refractivity contribution in [2.75, 3.05) is 26.1 Å². The van der Waals surface area contributed by atoms with Gasteiger partial charge < -0.3 is 25.2 Å². The highest BCUT2D eigenvalue weighted by atomic mass is 16.5. The number of methoxy groups -OCH3 is 2. The highest BCUT2D eigenvalue weighted by Crippen LogP contribution is 2.37. The van der Waals surface area contributed by atoms with Crippen LogP contribution in [0.4, 0.5) is 10.5 Å². The van der Waals surface area contributed by atoms with Crippen molar-refractivity contribution in [2.24, 2.45) is 0 Å². The fourth-order valence-electron chi connectivity index (χ4n) is 2.68. The van der Waals surface area contributed by atoms with Gasteiger partial charge in [-0.3, -0.25) is 0 Å². The first-order valence-electron chi connectivity index (χ1n) is 8.47. The minimum absolute atomic E-state index is 0.0313. The van der Waals surface area contributed by atoms with Gasteiger partial charge in [0.2, 0.25) is 5.75 Å². The molecule has 0 bridgehead atoms. The number of benzene rings is 2. The lowest BCUT2D eigenvalue weighted by molar-refractivity contribution is 0.252. The van der Waals surface area contributed by atoms with Gasteiger partial charge in [0.1, 0.15) is 0 Å². The summed E-state index contributed by atoms with van der Waals surface area (Å²) in [6.45, 7) is 2.33. The summed E-state index contributed by atoms with van der Waals surface area (Å²) in [5.74, 6) is 0.668. The maximum Gasteiger partial charge on any atom is 0.319 e. The SMILES string of the molecule is COc1cc(CCCNC(=O)Nc2cc(C)cc(C#N)c2)cc(OC)c1O. The first kappa shape index (κ1) is 19.9. The number of aryl methyl sites for hydroxylation is 2. The molecule has 0 aliphatic heterocycles. The minimum atomic E-state index is -0.328. The Labute approximate surface area is 158 Å². The van der Waals surface area contributed by atoms with Crippen molar-refractivity contribution >= 4 is 11.7 Å². The standard InChI is InChI=1S/C20H23N3O4/c1-13-7-15(12-21)9-16(8-13)23-20(25)22-6-4-5-14-10-17(26-2)19(24)18(11-14)27-3/h7-11,24H,4-6H2,1-3H3,(H2,22,23,25). The lowest BCUT2D eigenvalue weighted by Crippen LogP contribution is -2.29. The molecule has 142 valence electrons. The number of hydrogen-bond donors (Lipinski definition) is 3. The summed E-state index contributed by atoms with van der Waals surface area (Å²) in [5.41, 5.74) is 2.92. The number of urea groups is 1. The number of ether oxygens (including phenoxy) is 2. The van der Waals surface area contributed by atoms with Gasteiger partial charge in [0.15, 0.2) is 11.5 Å². The highest BCUT2D eigenvalue weighted by molar-refractivity contribution is 5.89. The van der Waals surface area contributed by atoms with Gasteiger partial charge in [0.05, 0.1) is 25.9 Å². The Morgan fingerprint density at radius 3 is 2.41 bits per heavy atom. The molecule has 0 aromatic heterocycles. The van der Waals surface area contributed by atoms with E-state index < -0.39 is 0 Å². The number of phenolic OH excluding ortho intramolecular Hbond substituents is 1. The lowest BCUT2D eigenvalue weighted by atomic mass is 10.1. The lowest BCUT2D eigenvalue weighted by Gasteiger charge is -2.12. The van der Waals surface area contributed by atoms with Crippen LogP contribution in [0.5, 0.6) is 17.2 Å². The molecule has 0 heterocycles. The molecule has 0 saturated heterocycles. The second-order valence-corrected chi connectivity index (χ2v) is 6.03. The van der Waals surface area contributed by atoms with Gasteiger partial charge in [-0.25, -0.2) is 4.79 Å². The molecule has 2 rings (SSSR count). The monoisotopic (exact) mass is 369 g/mol. The molecule has 3 N–H and O–H groups in total. The quantitative estimate of drug-likeness (QED) is 0.650. The molecule has 0 aliphatic carbocycles. The summed E-state index contributed by atoms with van der Waals surface area (Å²) in [5, 5.41) is 24.4. The second kappa shape index (κ2) is 9.34. The molecule has 2 amide bonds. The molecule has 7 heteroatoms. The Bertz CT molecular complexity index is 834. The number of carbonyl (C=O) groups excluding carboxylic acids is 1. The minimum Gasteiger partial charge on any atom is -0.502 e. The Morgan fingerprint density at radius 1 is 1.15 bits per heavy atom. The van der Waals surface area contributed by atoms with Crippen molar-refractivity contribution in [3.63, 3.8) is 0 Å². The second-order valence-electron chi connectivity index (χ2n) is 6.03. The van der Waals surface area contributed by atoms with Gasteiger partial charge in [-0.15, -0.1) is 0 Å². The van der Waals surface area contributed by atoms with Crippen LogP contribution in [0, 0.1) is 18.3 Å². The van der Waals surface area contributed by atoms with Crippen LogP contribution in [0.25, 0.3) is 0 Å². The third-order valence-electron chi connectivity index (χ3n) is 3.93. The van der Waals surface area contributed by atoms with Crippen LogP contribution in [0.15, 0.2) is 30.3 Å². The first-order valence-corrected chi connectivity index (χ1v) is 8.47. The van der Waals surface area contributed by atoms with E-state index in [4.69, 9.17) is 14.7 Å². The van der Waals surface area contributed by atoms with Crippen LogP contribution in [0.3, 0.4) is 0 Å². The summed E-state index contributed by atoms with van der Waals surface area (Å²) in [6.07, 6.45) is 1.37. The molecule has 0 radical (unpaired) electrons. The molecule has 0 unspecified atom stereocenters. The van der Waals surface area contributed by atoms with E-state index in [1.165, 1.54) is 14.2 Å². The van der Waals surface area contributed by atoms with Crippen molar-refractivity contribution in [2.45, 2.75) is 19.8 Å². The third kappa shape index (κ3) is 5.54. The smallest absolute Gasteiger partial charge is 0.319 e. The van der Waals surface area contributed by atoms with Gasteiger partial charge in [-0.2, -0.15) is 5.26 Å². The molecule has 0 aliphatic rings. The third-order valence-corrected chi connectivity index (χ3v) is 3.93. The Balaban J connectivity index is 1.86. The summed E-state index contributed by atoms with van der Waals surface area (Å²) in [6, 6.07) is 10.4. The molecule has 2 aromatic rings. The topological polar surface area (TPSA) is 104 Å². The van der Waals surface area contributed by atoms with E-state index in [9.17, 15) is 9.90 Å². The number of rotatable bonds is 7. The van der Waals surface area contributed by atoms with Crippen molar-refractivity contribution in [1.82, 2.24) is 5.32 Å². The Kier molecular flexibility index (Phi) is 6.89. The van der Waals surface area contributed by atoms with Crippen molar-refractivity contribution in [3.05, 3.63) is 47.0 Å². The van der Waals surface area contributed by atoms with Gasteiger partial charge in [0.25, 0.3) is 0 Å². The summed E-state index contributed by atoms with van der Waals surface area (Å²) >= 11 is 0. The molecule has 27 heavy (non-hydrogen) atoms. The molecule has 2 aromatic carbocycles.